The minimum absolute atomic E-state index is 0.00582. The average molecular weight is 331 g/mol. The van der Waals surface area contributed by atoms with Gasteiger partial charge < -0.3 is 9.30 Å². The fourth-order valence-corrected chi connectivity index (χ4v) is 3.91. The normalized spacial score (nSPS) is 21.8. The van der Waals surface area contributed by atoms with Crippen LogP contribution in [0.3, 0.4) is 0 Å². The maximum absolute atomic E-state index is 13.6. The van der Waals surface area contributed by atoms with Gasteiger partial charge in [0.2, 0.25) is 0 Å². The molecule has 6 nitrogen and oxygen atoms in total. The van der Waals surface area contributed by atoms with E-state index in [9.17, 15) is 4.39 Å². The Morgan fingerprint density at radius 2 is 2.08 bits per heavy atom. The van der Waals surface area contributed by atoms with Gasteiger partial charge in [0, 0.05) is 25.3 Å². The summed E-state index contributed by atoms with van der Waals surface area (Å²) in [5, 5.41) is 8.64. The second-order valence-electron chi connectivity index (χ2n) is 6.56. The third-order valence-electron chi connectivity index (χ3n) is 5.17. The molecule has 0 N–H and O–H groups in total. The monoisotopic (exact) mass is 331 g/mol. The van der Waals surface area contributed by atoms with Crippen LogP contribution >= 0.6 is 0 Å². The second kappa shape index (κ2) is 6.47. The summed E-state index contributed by atoms with van der Waals surface area (Å²) in [6, 6.07) is 3.81. The highest BCUT2D eigenvalue weighted by Gasteiger charge is 2.33. The third kappa shape index (κ3) is 2.77. The lowest BCUT2D eigenvalue weighted by Gasteiger charge is -2.37. The fourth-order valence-electron chi connectivity index (χ4n) is 3.91. The van der Waals surface area contributed by atoms with Gasteiger partial charge in [-0.1, -0.05) is 12.8 Å². The van der Waals surface area contributed by atoms with Crippen molar-refractivity contribution < 1.29 is 9.13 Å². The van der Waals surface area contributed by atoms with Gasteiger partial charge in [-0.25, -0.2) is 9.37 Å². The van der Waals surface area contributed by atoms with E-state index < -0.39 is 5.82 Å². The molecule has 7 heteroatoms. The van der Waals surface area contributed by atoms with Crippen LogP contribution in [0.15, 0.2) is 18.3 Å². The maximum Gasteiger partial charge on any atom is 0.250 e. The van der Waals surface area contributed by atoms with Crippen molar-refractivity contribution in [2.75, 3.05) is 6.54 Å². The van der Waals surface area contributed by atoms with Crippen LogP contribution in [0.4, 0.5) is 4.39 Å². The number of ether oxygens (including phenoxy) is 1. The summed E-state index contributed by atoms with van der Waals surface area (Å²) in [6.07, 6.45) is 6.74. The van der Waals surface area contributed by atoms with Crippen LogP contribution in [0.25, 0.3) is 0 Å². The SMILES string of the molecule is CC1c2nnc(COc3ncccc3F)n2CCN1C1CCCC1. The predicted octanol–water partition coefficient (Wildman–Crippen LogP) is 2.71. The van der Waals surface area contributed by atoms with Crippen LogP contribution in [0.1, 0.15) is 50.3 Å². The van der Waals surface area contributed by atoms with Crippen LogP contribution in [-0.4, -0.2) is 37.2 Å². The number of hydrogen-bond acceptors (Lipinski definition) is 5. The van der Waals surface area contributed by atoms with Crippen molar-refractivity contribution in [3.05, 3.63) is 35.8 Å². The molecule has 24 heavy (non-hydrogen) atoms. The first-order valence-electron chi connectivity index (χ1n) is 8.65. The summed E-state index contributed by atoms with van der Waals surface area (Å²) >= 11 is 0. The van der Waals surface area contributed by atoms with Crippen LogP contribution in [0.2, 0.25) is 0 Å². The molecule has 1 fully saturated rings. The maximum atomic E-state index is 13.6. The average Bonchev–Trinajstić information content (AvgIpc) is 3.24. The summed E-state index contributed by atoms with van der Waals surface area (Å²) in [4.78, 5) is 6.46. The molecule has 1 saturated carbocycles. The van der Waals surface area contributed by atoms with E-state index >= 15 is 0 Å². The van der Waals surface area contributed by atoms with E-state index in [1.807, 2.05) is 0 Å². The zero-order chi connectivity index (χ0) is 16.5. The van der Waals surface area contributed by atoms with Crippen molar-refractivity contribution in [2.45, 2.75) is 57.8 Å². The highest BCUT2D eigenvalue weighted by atomic mass is 19.1. The topological polar surface area (TPSA) is 56.1 Å². The molecule has 2 aromatic heterocycles. The summed E-state index contributed by atoms with van der Waals surface area (Å²) in [6.45, 7) is 4.23. The summed E-state index contributed by atoms with van der Waals surface area (Å²) < 4.78 is 21.2. The minimum atomic E-state index is -0.461. The molecule has 128 valence electrons. The molecule has 3 heterocycles. The number of nitrogens with zero attached hydrogens (tertiary/aromatic N) is 5. The molecule has 0 amide bonds. The Balaban J connectivity index is 1.48. The van der Waals surface area contributed by atoms with Gasteiger partial charge >= 0.3 is 0 Å². The van der Waals surface area contributed by atoms with E-state index in [-0.39, 0.29) is 18.5 Å². The molecular formula is C17H22FN5O. The van der Waals surface area contributed by atoms with E-state index in [0.29, 0.717) is 6.04 Å². The Morgan fingerprint density at radius 1 is 1.25 bits per heavy atom. The quantitative estimate of drug-likeness (QED) is 0.862. The molecule has 1 atom stereocenters. The van der Waals surface area contributed by atoms with E-state index in [4.69, 9.17) is 4.74 Å². The Bertz CT molecular complexity index is 713. The van der Waals surface area contributed by atoms with Gasteiger partial charge in [-0.2, -0.15) is 0 Å². The lowest BCUT2D eigenvalue weighted by atomic mass is 10.1. The molecular weight excluding hydrogens is 309 g/mol. The van der Waals surface area contributed by atoms with Gasteiger partial charge in [-0.3, -0.25) is 4.90 Å². The van der Waals surface area contributed by atoms with Gasteiger partial charge in [0.25, 0.3) is 5.88 Å². The third-order valence-corrected chi connectivity index (χ3v) is 5.17. The molecule has 1 aliphatic carbocycles. The lowest BCUT2D eigenvalue weighted by Crippen LogP contribution is -2.43. The van der Waals surface area contributed by atoms with Crippen molar-refractivity contribution in [1.82, 2.24) is 24.6 Å². The number of pyridine rings is 1. The standard InChI is InChI=1S/C17H22FN5O/c1-12-16-21-20-15(11-24-17-14(18)7-4-8-19-17)23(16)10-9-22(12)13-5-2-3-6-13/h4,7-8,12-13H,2-3,5-6,9-11H2,1H3. The zero-order valence-electron chi connectivity index (χ0n) is 13.9. The zero-order valence-corrected chi connectivity index (χ0v) is 13.9. The fraction of sp³-hybridized carbons (Fsp3) is 0.588. The molecule has 0 saturated heterocycles. The Labute approximate surface area is 140 Å². The molecule has 4 rings (SSSR count). The Morgan fingerprint density at radius 3 is 2.88 bits per heavy atom. The van der Waals surface area contributed by atoms with E-state index in [0.717, 1.165) is 24.7 Å². The first-order valence-corrected chi connectivity index (χ1v) is 8.65. The second-order valence-corrected chi connectivity index (χ2v) is 6.56. The van der Waals surface area contributed by atoms with E-state index in [1.54, 1.807) is 6.07 Å². The summed E-state index contributed by atoms with van der Waals surface area (Å²) in [5.74, 6) is 1.25. The molecule has 2 aromatic rings. The van der Waals surface area contributed by atoms with Crippen molar-refractivity contribution in [1.29, 1.82) is 0 Å². The van der Waals surface area contributed by atoms with E-state index in [2.05, 4.69) is 31.6 Å². The number of halogens is 1. The Kier molecular flexibility index (Phi) is 4.18. The molecule has 2 aliphatic rings. The van der Waals surface area contributed by atoms with Crippen LogP contribution in [0.5, 0.6) is 5.88 Å². The Hall–Kier alpha value is -2.02. The van der Waals surface area contributed by atoms with Gasteiger partial charge in [-0.05, 0) is 31.9 Å². The molecule has 0 bridgehead atoms. The first-order chi connectivity index (χ1) is 11.7. The first kappa shape index (κ1) is 15.5. The van der Waals surface area contributed by atoms with Gasteiger partial charge in [0.15, 0.2) is 11.6 Å². The number of aromatic nitrogens is 4. The van der Waals surface area contributed by atoms with Crippen LogP contribution < -0.4 is 4.74 Å². The lowest BCUT2D eigenvalue weighted by molar-refractivity contribution is 0.108. The number of hydrogen-bond donors (Lipinski definition) is 0. The highest BCUT2D eigenvalue weighted by molar-refractivity contribution is 5.13. The summed E-state index contributed by atoms with van der Waals surface area (Å²) in [5.41, 5.74) is 0. The van der Waals surface area contributed by atoms with Crippen LogP contribution in [0, 0.1) is 5.82 Å². The number of fused-ring (bicyclic) bond motifs is 1. The van der Waals surface area contributed by atoms with Crippen molar-refractivity contribution in [3.63, 3.8) is 0 Å². The van der Waals surface area contributed by atoms with Crippen molar-refractivity contribution in [2.24, 2.45) is 0 Å². The molecule has 1 unspecified atom stereocenters. The number of rotatable bonds is 4. The molecule has 0 aromatic carbocycles. The predicted molar refractivity (Wildman–Crippen MR) is 85.9 cm³/mol. The van der Waals surface area contributed by atoms with Crippen molar-refractivity contribution >= 4 is 0 Å². The van der Waals surface area contributed by atoms with Gasteiger partial charge in [-0.15, -0.1) is 10.2 Å². The highest BCUT2D eigenvalue weighted by Crippen LogP contribution is 2.33. The van der Waals surface area contributed by atoms with E-state index in [1.165, 1.54) is 37.9 Å². The van der Waals surface area contributed by atoms with Crippen LogP contribution in [-0.2, 0) is 13.2 Å². The summed E-state index contributed by atoms with van der Waals surface area (Å²) in [7, 11) is 0. The van der Waals surface area contributed by atoms with Crippen molar-refractivity contribution in [3.8, 4) is 5.88 Å². The minimum Gasteiger partial charge on any atom is -0.467 e. The molecule has 1 aliphatic heterocycles. The smallest absolute Gasteiger partial charge is 0.250 e. The molecule has 0 spiro atoms. The molecule has 0 radical (unpaired) electrons. The van der Waals surface area contributed by atoms with Gasteiger partial charge in [0.1, 0.15) is 12.4 Å². The largest absolute Gasteiger partial charge is 0.467 e. The van der Waals surface area contributed by atoms with Gasteiger partial charge in [0.05, 0.1) is 6.04 Å².